The quantitative estimate of drug-likeness (QED) is 0.853. The van der Waals surface area contributed by atoms with Crippen LogP contribution < -0.4 is 5.32 Å². The lowest BCUT2D eigenvalue weighted by Gasteiger charge is -2.28. The Balaban J connectivity index is 1.57. The van der Waals surface area contributed by atoms with Crippen LogP contribution in [0.1, 0.15) is 5.56 Å². The predicted octanol–water partition coefficient (Wildman–Crippen LogP) is 1.09. The molecule has 17 heavy (non-hydrogen) atoms. The fraction of sp³-hybridized carbons (Fsp3) is 0.538. The molecule has 0 radical (unpaired) electrons. The standard InChI is InChI=1S/C13H18N2OS/c16-17-7-5-15(6-8-17)10-12-9-11-3-1-2-4-13(11)14-12/h1-4,12,14H,5-10H2. The number of rotatable bonds is 2. The van der Waals surface area contributed by atoms with Crippen LogP contribution in [0.25, 0.3) is 0 Å². The van der Waals surface area contributed by atoms with Gasteiger partial charge in [0, 0.05) is 53.7 Å². The molecule has 2 heterocycles. The highest BCUT2D eigenvalue weighted by molar-refractivity contribution is 7.85. The van der Waals surface area contributed by atoms with E-state index in [-0.39, 0.29) is 0 Å². The van der Waals surface area contributed by atoms with E-state index in [9.17, 15) is 4.21 Å². The Labute approximate surface area is 105 Å². The molecule has 1 atom stereocenters. The largest absolute Gasteiger partial charge is 0.380 e. The van der Waals surface area contributed by atoms with Gasteiger partial charge < -0.3 is 5.32 Å². The van der Waals surface area contributed by atoms with E-state index in [1.807, 2.05) is 0 Å². The van der Waals surface area contributed by atoms with Crippen LogP contribution in [0.5, 0.6) is 0 Å². The molecule has 0 aromatic heterocycles. The minimum atomic E-state index is -0.566. The van der Waals surface area contributed by atoms with Crippen molar-refractivity contribution in [3.05, 3.63) is 29.8 Å². The molecule has 0 amide bonds. The highest BCUT2D eigenvalue weighted by atomic mass is 32.2. The molecule has 2 aliphatic rings. The summed E-state index contributed by atoms with van der Waals surface area (Å²) in [6, 6.07) is 9.07. The van der Waals surface area contributed by atoms with Crippen LogP contribution in [-0.4, -0.2) is 46.3 Å². The zero-order chi connectivity index (χ0) is 11.7. The summed E-state index contributed by atoms with van der Waals surface area (Å²) in [5.74, 6) is 1.69. The van der Waals surface area contributed by atoms with E-state index in [0.29, 0.717) is 6.04 Å². The Morgan fingerprint density at radius 2 is 2.06 bits per heavy atom. The van der Waals surface area contributed by atoms with E-state index in [4.69, 9.17) is 0 Å². The molecule has 1 aromatic rings. The highest BCUT2D eigenvalue weighted by Gasteiger charge is 2.24. The van der Waals surface area contributed by atoms with Gasteiger partial charge in [0.2, 0.25) is 0 Å². The maximum Gasteiger partial charge on any atom is 0.0429 e. The number of fused-ring (bicyclic) bond motifs is 1. The number of benzene rings is 1. The van der Waals surface area contributed by atoms with Crippen LogP contribution in [0.3, 0.4) is 0 Å². The minimum absolute atomic E-state index is 0.527. The third kappa shape index (κ3) is 2.53. The lowest BCUT2D eigenvalue weighted by atomic mass is 10.1. The summed E-state index contributed by atoms with van der Waals surface area (Å²) < 4.78 is 11.3. The average Bonchev–Trinajstić information content (AvgIpc) is 2.74. The summed E-state index contributed by atoms with van der Waals surface area (Å²) in [5, 5.41) is 3.58. The van der Waals surface area contributed by atoms with Gasteiger partial charge in [-0.1, -0.05) is 18.2 Å². The molecule has 0 spiro atoms. The molecular weight excluding hydrogens is 232 g/mol. The molecule has 3 nitrogen and oxygen atoms in total. The maximum absolute atomic E-state index is 11.3. The van der Waals surface area contributed by atoms with E-state index in [0.717, 1.165) is 37.6 Å². The molecule has 0 saturated carbocycles. The lowest BCUT2D eigenvalue weighted by molar-refractivity contribution is 0.287. The molecule has 4 heteroatoms. The Kier molecular flexibility index (Phi) is 3.16. The molecule has 0 aliphatic carbocycles. The molecule has 1 N–H and O–H groups in total. The Morgan fingerprint density at radius 3 is 2.82 bits per heavy atom. The first kappa shape index (κ1) is 11.2. The number of hydrogen-bond donors (Lipinski definition) is 1. The second-order valence-corrected chi connectivity index (χ2v) is 6.55. The summed E-state index contributed by atoms with van der Waals surface area (Å²) >= 11 is 0. The van der Waals surface area contributed by atoms with Gasteiger partial charge in [-0.2, -0.15) is 0 Å². The summed E-state index contributed by atoms with van der Waals surface area (Å²) in [6.45, 7) is 3.05. The van der Waals surface area contributed by atoms with Crippen molar-refractivity contribution >= 4 is 16.5 Å². The van der Waals surface area contributed by atoms with E-state index in [1.54, 1.807) is 0 Å². The van der Waals surface area contributed by atoms with Crippen LogP contribution in [0.2, 0.25) is 0 Å². The highest BCUT2D eigenvalue weighted by Crippen LogP contribution is 2.25. The van der Waals surface area contributed by atoms with Gasteiger partial charge >= 0.3 is 0 Å². The Hall–Kier alpha value is -0.870. The van der Waals surface area contributed by atoms with Gasteiger partial charge in [-0.05, 0) is 18.1 Å². The second kappa shape index (κ2) is 4.78. The van der Waals surface area contributed by atoms with Gasteiger partial charge in [-0.25, -0.2) is 0 Å². The van der Waals surface area contributed by atoms with Gasteiger partial charge in [-0.15, -0.1) is 0 Å². The van der Waals surface area contributed by atoms with Gasteiger partial charge in [0.25, 0.3) is 0 Å². The van der Waals surface area contributed by atoms with E-state index < -0.39 is 10.8 Å². The number of anilines is 1. The topological polar surface area (TPSA) is 32.3 Å². The van der Waals surface area contributed by atoms with Crippen LogP contribution in [-0.2, 0) is 17.2 Å². The molecule has 2 aliphatic heterocycles. The smallest absolute Gasteiger partial charge is 0.0429 e. The van der Waals surface area contributed by atoms with Crippen LogP contribution in [0.4, 0.5) is 5.69 Å². The van der Waals surface area contributed by atoms with Gasteiger partial charge in [0.1, 0.15) is 0 Å². The fourth-order valence-corrected chi connectivity index (χ4v) is 3.78. The predicted molar refractivity (Wildman–Crippen MR) is 71.9 cm³/mol. The summed E-state index contributed by atoms with van der Waals surface area (Å²) in [5.41, 5.74) is 2.72. The van der Waals surface area contributed by atoms with Crippen molar-refractivity contribution in [1.29, 1.82) is 0 Å². The van der Waals surface area contributed by atoms with E-state index >= 15 is 0 Å². The SMILES string of the molecule is O=S1CCN(CC2Cc3ccccc3N2)CC1. The third-order valence-electron chi connectivity index (χ3n) is 3.59. The molecule has 92 valence electrons. The molecule has 1 aromatic carbocycles. The van der Waals surface area contributed by atoms with Crippen molar-refractivity contribution in [1.82, 2.24) is 4.90 Å². The fourth-order valence-electron chi connectivity index (χ4n) is 2.66. The van der Waals surface area contributed by atoms with Crippen molar-refractivity contribution in [3.8, 4) is 0 Å². The lowest BCUT2D eigenvalue weighted by Crippen LogP contribution is -2.43. The monoisotopic (exact) mass is 250 g/mol. The average molecular weight is 250 g/mol. The first-order chi connectivity index (χ1) is 8.31. The number of para-hydroxylation sites is 1. The molecule has 1 unspecified atom stereocenters. The van der Waals surface area contributed by atoms with E-state index in [2.05, 4.69) is 34.5 Å². The third-order valence-corrected chi connectivity index (χ3v) is 4.87. The molecular formula is C13H18N2OS. The molecule has 1 fully saturated rings. The van der Waals surface area contributed by atoms with Crippen molar-refractivity contribution in [2.45, 2.75) is 12.5 Å². The van der Waals surface area contributed by atoms with Gasteiger partial charge in [-0.3, -0.25) is 9.11 Å². The summed E-state index contributed by atoms with van der Waals surface area (Å²) in [6.07, 6.45) is 1.12. The zero-order valence-corrected chi connectivity index (χ0v) is 10.7. The van der Waals surface area contributed by atoms with Crippen molar-refractivity contribution in [2.24, 2.45) is 0 Å². The first-order valence-corrected chi connectivity index (χ1v) is 7.72. The van der Waals surface area contributed by atoms with Crippen molar-refractivity contribution < 1.29 is 4.21 Å². The number of nitrogens with one attached hydrogen (secondary N) is 1. The maximum atomic E-state index is 11.3. The number of hydrogen-bond acceptors (Lipinski definition) is 3. The van der Waals surface area contributed by atoms with Crippen LogP contribution in [0.15, 0.2) is 24.3 Å². The summed E-state index contributed by atoms with van der Waals surface area (Å²) in [4.78, 5) is 2.44. The molecule has 1 saturated heterocycles. The first-order valence-electron chi connectivity index (χ1n) is 6.23. The van der Waals surface area contributed by atoms with Gasteiger partial charge in [0.05, 0.1) is 0 Å². The Morgan fingerprint density at radius 1 is 1.29 bits per heavy atom. The minimum Gasteiger partial charge on any atom is -0.380 e. The van der Waals surface area contributed by atoms with Crippen molar-refractivity contribution in [2.75, 3.05) is 36.5 Å². The number of nitrogens with zero attached hydrogens (tertiary/aromatic N) is 1. The van der Waals surface area contributed by atoms with Crippen LogP contribution >= 0.6 is 0 Å². The van der Waals surface area contributed by atoms with E-state index in [1.165, 1.54) is 11.3 Å². The normalized spacial score (nSPS) is 25.5. The molecule has 3 rings (SSSR count). The van der Waals surface area contributed by atoms with Crippen LogP contribution in [0, 0.1) is 0 Å². The van der Waals surface area contributed by atoms with Gasteiger partial charge in [0.15, 0.2) is 0 Å². The molecule has 0 bridgehead atoms. The summed E-state index contributed by atoms with van der Waals surface area (Å²) in [7, 11) is -0.566. The van der Waals surface area contributed by atoms with Crippen molar-refractivity contribution in [3.63, 3.8) is 0 Å². The second-order valence-electron chi connectivity index (χ2n) is 4.85. The zero-order valence-electron chi connectivity index (χ0n) is 9.89. The Bertz CT molecular complexity index is 400.